The predicted octanol–water partition coefficient (Wildman–Crippen LogP) is 5.84. The van der Waals surface area contributed by atoms with E-state index in [1.807, 2.05) is 24.3 Å². The zero-order valence-electron chi connectivity index (χ0n) is 20.8. The van der Waals surface area contributed by atoms with Crippen LogP contribution in [0.4, 0.5) is 0 Å². The molecular weight excluding hydrogens is 474 g/mol. The molecule has 1 unspecified atom stereocenters. The van der Waals surface area contributed by atoms with E-state index >= 15 is 0 Å². The molecule has 4 aromatic rings. The Kier molecular flexibility index (Phi) is 7.75. The molecule has 0 spiro atoms. The van der Waals surface area contributed by atoms with Crippen molar-refractivity contribution < 1.29 is 14.0 Å². The van der Waals surface area contributed by atoms with Gasteiger partial charge in [0.15, 0.2) is 17.1 Å². The quantitative estimate of drug-likeness (QED) is 0.285. The summed E-state index contributed by atoms with van der Waals surface area (Å²) in [6.45, 7) is 5.16. The maximum atomic E-state index is 6.17. The molecule has 0 N–H and O–H groups in total. The van der Waals surface area contributed by atoms with Gasteiger partial charge in [0.2, 0.25) is 0 Å². The minimum Gasteiger partial charge on any atom is -0.493 e. The smallest absolute Gasteiger partial charge is 0.171 e. The molecule has 7 heteroatoms. The van der Waals surface area contributed by atoms with Gasteiger partial charge < -0.3 is 18.9 Å². The third-order valence-electron chi connectivity index (χ3n) is 7.01. The molecular formula is C29H32ClN3O3. The predicted molar refractivity (Wildman–Crippen MR) is 143 cm³/mol. The normalized spacial score (nSPS) is 15.8. The van der Waals surface area contributed by atoms with Gasteiger partial charge in [0, 0.05) is 42.7 Å². The standard InChI is InChI=1S/C29H32ClN3O3/c1-34-27-19-24-25(31-36-26(24)20-28(27)35-2)9-6-14-32-15-17-33(18-16-32)29(21-7-4-3-5-8-21)22-10-12-23(30)13-11-22/h3-5,7-8,10-13,19-20,29H,6,9,14-18H2,1-2H3. The molecule has 0 saturated carbocycles. The first-order valence-electron chi connectivity index (χ1n) is 12.4. The van der Waals surface area contributed by atoms with Gasteiger partial charge in [-0.25, -0.2) is 0 Å². The zero-order valence-corrected chi connectivity index (χ0v) is 21.6. The molecule has 1 aliphatic rings. The Hall–Kier alpha value is -3.06. The average Bonchev–Trinajstić information content (AvgIpc) is 3.32. The van der Waals surface area contributed by atoms with Crippen molar-refractivity contribution >= 4 is 22.6 Å². The highest BCUT2D eigenvalue weighted by Crippen LogP contribution is 2.34. The fraction of sp³-hybridized carbons (Fsp3) is 0.345. The molecule has 3 aromatic carbocycles. The molecule has 2 heterocycles. The summed E-state index contributed by atoms with van der Waals surface area (Å²) in [6.07, 6.45) is 1.88. The molecule has 0 amide bonds. The Morgan fingerprint density at radius 3 is 2.25 bits per heavy atom. The van der Waals surface area contributed by atoms with Gasteiger partial charge in [0.25, 0.3) is 0 Å². The molecule has 1 saturated heterocycles. The van der Waals surface area contributed by atoms with Crippen molar-refractivity contribution in [2.24, 2.45) is 0 Å². The lowest BCUT2D eigenvalue weighted by molar-refractivity contribution is 0.108. The molecule has 0 bridgehead atoms. The van der Waals surface area contributed by atoms with Crippen LogP contribution in [0.15, 0.2) is 71.3 Å². The van der Waals surface area contributed by atoms with Gasteiger partial charge in [-0.2, -0.15) is 0 Å². The molecule has 1 fully saturated rings. The number of halogens is 1. The second kappa shape index (κ2) is 11.3. The Labute approximate surface area is 217 Å². The lowest BCUT2D eigenvalue weighted by Crippen LogP contribution is -2.48. The maximum Gasteiger partial charge on any atom is 0.171 e. The largest absolute Gasteiger partial charge is 0.493 e. The van der Waals surface area contributed by atoms with Gasteiger partial charge in [-0.05, 0) is 48.7 Å². The van der Waals surface area contributed by atoms with E-state index in [1.54, 1.807) is 14.2 Å². The van der Waals surface area contributed by atoms with Crippen LogP contribution in [-0.2, 0) is 6.42 Å². The summed E-state index contributed by atoms with van der Waals surface area (Å²) in [6, 6.07) is 23.1. The van der Waals surface area contributed by atoms with Crippen molar-refractivity contribution in [2.75, 3.05) is 46.9 Å². The summed E-state index contributed by atoms with van der Waals surface area (Å²) < 4.78 is 16.4. The number of hydrogen-bond acceptors (Lipinski definition) is 6. The number of piperazine rings is 1. The van der Waals surface area contributed by atoms with E-state index in [9.17, 15) is 0 Å². The molecule has 0 radical (unpaired) electrons. The fourth-order valence-corrected chi connectivity index (χ4v) is 5.23. The van der Waals surface area contributed by atoms with E-state index in [1.165, 1.54) is 11.1 Å². The topological polar surface area (TPSA) is 51.0 Å². The number of ether oxygens (including phenoxy) is 2. The lowest BCUT2D eigenvalue weighted by atomic mass is 9.96. The Bertz CT molecular complexity index is 1270. The van der Waals surface area contributed by atoms with Gasteiger partial charge in [0.05, 0.1) is 26.0 Å². The second-order valence-electron chi connectivity index (χ2n) is 9.18. The number of methoxy groups -OCH3 is 2. The first-order chi connectivity index (χ1) is 17.7. The van der Waals surface area contributed by atoms with Crippen molar-refractivity contribution in [1.82, 2.24) is 15.0 Å². The van der Waals surface area contributed by atoms with Crippen LogP contribution >= 0.6 is 11.6 Å². The number of aromatic nitrogens is 1. The zero-order chi connectivity index (χ0) is 24.9. The van der Waals surface area contributed by atoms with Crippen LogP contribution in [0.2, 0.25) is 5.02 Å². The fourth-order valence-electron chi connectivity index (χ4n) is 5.10. The number of aryl methyl sites for hydroxylation is 1. The summed E-state index contributed by atoms with van der Waals surface area (Å²) in [5.74, 6) is 1.34. The van der Waals surface area contributed by atoms with Crippen LogP contribution in [0, 0.1) is 0 Å². The number of rotatable bonds is 9. The van der Waals surface area contributed by atoms with Crippen molar-refractivity contribution in [3.8, 4) is 11.5 Å². The second-order valence-corrected chi connectivity index (χ2v) is 9.61. The Morgan fingerprint density at radius 1 is 0.889 bits per heavy atom. The van der Waals surface area contributed by atoms with Crippen LogP contribution in [-0.4, -0.2) is 61.9 Å². The van der Waals surface area contributed by atoms with Crippen LogP contribution in [0.1, 0.15) is 29.3 Å². The minimum atomic E-state index is 0.235. The number of benzene rings is 3. The van der Waals surface area contributed by atoms with Crippen molar-refractivity contribution in [2.45, 2.75) is 18.9 Å². The van der Waals surface area contributed by atoms with E-state index in [-0.39, 0.29) is 6.04 Å². The first-order valence-corrected chi connectivity index (χ1v) is 12.8. The summed E-state index contributed by atoms with van der Waals surface area (Å²) in [5, 5.41) is 6.08. The Morgan fingerprint density at radius 2 is 1.56 bits per heavy atom. The van der Waals surface area contributed by atoms with Crippen LogP contribution in [0.25, 0.3) is 11.0 Å². The lowest BCUT2D eigenvalue weighted by Gasteiger charge is -2.39. The van der Waals surface area contributed by atoms with E-state index in [4.69, 9.17) is 25.6 Å². The average molecular weight is 506 g/mol. The first kappa shape index (κ1) is 24.6. The summed E-state index contributed by atoms with van der Waals surface area (Å²) in [7, 11) is 3.27. The number of nitrogens with zero attached hydrogens (tertiary/aromatic N) is 3. The number of fused-ring (bicyclic) bond motifs is 1. The van der Waals surface area contributed by atoms with Gasteiger partial charge in [-0.15, -0.1) is 0 Å². The van der Waals surface area contributed by atoms with E-state index in [0.717, 1.165) is 67.3 Å². The third-order valence-corrected chi connectivity index (χ3v) is 7.26. The summed E-state index contributed by atoms with van der Waals surface area (Å²) in [5.41, 5.74) is 4.30. The molecule has 6 nitrogen and oxygen atoms in total. The SMILES string of the molecule is COc1cc2onc(CCCN3CCN(C(c4ccccc4)c4ccc(Cl)cc4)CC3)c2cc1OC. The van der Waals surface area contributed by atoms with Crippen LogP contribution in [0.3, 0.4) is 0 Å². The Balaban J connectivity index is 1.20. The van der Waals surface area contributed by atoms with Crippen molar-refractivity contribution in [3.05, 3.63) is 88.6 Å². The van der Waals surface area contributed by atoms with Crippen molar-refractivity contribution in [3.63, 3.8) is 0 Å². The molecule has 188 valence electrons. The number of hydrogen-bond donors (Lipinski definition) is 0. The molecule has 1 aliphatic heterocycles. The highest BCUT2D eigenvalue weighted by Gasteiger charge is 2.26. The summed E-state index contributed by atoms with van der Waals surface area (Å²) in [4.78, 5) is 5.13. The van der Waals surface area contributed by atoms with Crippen LogP contribution < -0.4 is 9.47 Å². The van der Waals surface area contributed by atoms with E-state index < -0.39 is 0 Å². The van der Waals surface area contributed by atoms with Gasteiger partial charge in [-0.1, -0.05) is 59.2 Å². The minimum absolute atomic E-state index is 0.235. The third kappa shape index (κ3) is 5.36. The maximum absolute atomic E-state index is 6.17. The van der Waals surface area contributed by atoms with Gasteiger partial charge in [-0.3, -0.25) is 4.90 Å². The summed E-state index contributed by atoms with van der Waals surface area (Å²) >= 11 is 6.17. The van der Waals surface area contributed by atoms with E-state index in [2.05, 4.69) is 57.4 Å². The highest BCUT2D eigenvalue weighted by atomic mass is 35.5. The molecule has 1 atom stereocenters. The van der Waals surface area contributed by atoms with Gasteiger partial charge >= 0.3 is 0 Å². The molecule has 1 aromatic heterocycles. The molecule has 5 rings (SSSR count). The van der Waals surface area contributed by atoms with Gasteiger partial charge in [0.1, 0.15) is 0 Å². The van der Waals surface area contributed by atoms with Crippen molar-refractivity contribution in [1.29, 1.82) is 0 Å². The molecule has 0 aliphatic carbocycles. The monoisotopic (exact) mass is 505 g/mol. The molecule has 36 heavy (non-hydrogen) atoms. The van der Waals surface area contributed by atoms with Crippen LogP contribution in [0.5, 0.6) is 11.5 Å². The van der Waals surface area contributed by atoms with E-state index in [0.29, 0.717) is 11.5 Å². The highest BCUT2D eigenvalue weighted by molar-refractivity contribution is 6.30.